The summed E-state index contributed by atoms with van der Waals surface area (Å²) in [5.74, 6) is 0. The van der Waals surface area contributed by atoms with Gasteiger partial charge in [-0.3, -0.25) is 0 Å². The van der Waals surface area contributed by atoms with Crippen LogP contribution in [0.4, 0.5) is 0 Å². The third-order valence-corrected chi connectivity index (χ3v) is 4.05. The zero-order valence-electron chi connectivity index (χ0n) is 12.6. The molecule has 10 nitrogen and oxygen atoms in total. The molecule has 2 rings (SSSR count). The maximum atomic E-state index is 10.2. The minimum absolute atomic E-state index is 0.0268. The van der Waals surface area contributed by atoms with Gasteiger partial charge < -0.3 is 49.6 Å². The Morgan fingerprint density at radius 1 is 0.913 bits per heavy atom. The minimum Gasteiger partial charge on any atom is -0.394 e. The van der Waals surface area contributed by atoms with Gasteiger partial charge in [-0.25, -0.2) is 0 Å². The molecule has 9 unspecified atom stereocenters. The van der Waals surface area contributed by atoms with Crippen LogP contribution in [0.15, 0.2) is 0 Å². The van der Waals surface area contributed by atoms with Gasteiger partial charge in [0.05, 0.1) is 25.4 Å². The van der Waals surface area contributed by atoms with E-state index in [-0.39, 0.29) is 13.0 Å². The van der Waals surface area contributed by atoms with Gasteiger partial charge in [-0.1, -0.05) is 0 Å². The van der Waals surface area contributed by atoms with Crippen LogP contribution in [-0.2, 0) is 18.9 Å². The van der Waals surface area contributed by atoms with Gasteiger partial charge in [-0.05, 0) is 0 Å². The Morgan fingerprint density at radius 3 is 2.17 bits per heavy atom. The highest BCUT2D eigenvalue weighted by Crippen LogP contribution is 2.28. The van der Waals surface area contributed by atoms with Crippen molar-refractivity contribution in [3.05, 3.63) is 0 Å². The van der Waals surface area contributed by atoms with E-state index in [1.165, 1.54) is 7.11 Å². The topological polar surface area (TPSA) is 158 Å². The predicted molar refractivity (Wildman–Crippen MR) is 72.0 cm³/mol. The molecule has 0 saturated carbocycles. The molecule has 2 saturated heterocycles. The van der Waals surface area contributed by atoms with Crippen molar-refractivity contribution >= 4 is 0 Å². The lowest BCUT2D eigenvalue weighted by Gasteiger charge is -2.44. The molecule has 23 heavy (non-hydrogen) atoms. The number of ether oxygens (including phenoxy) is 4. The monoisotopic (exact) mass is 340 g/mol. The normalized spacial score (nSPS) is 48.4. The Bertz CT molecular complexity index is 367. The number of rotatable bonds is 5. The van der Waals surface area contributed by atoms with E-state index in [4.69, 9.17) is 24.1 Å². The number of methoxy groups -OCH3 is 1. The molecule has 0 aliphatic carbocycles. The van der Waals surface area contributed by atoms with E-state index in [0.717, 1.165) is 0 Å². The van der Waals surface area contributed by atoms with Crippen LogP contribution >= 0.6 is 0 Å². The standard InChI is InChI=1S/C13H24O10/c1-20-12-10(19)9(18)11(7(4-15)22-12)23-13-8(17)6(16)2-5(3-14)21-13/h5-19H,2-4H2,1H3. The van der Waals surface area contributed by atoms with Crippen molar-refractivity contribution in [3.8, 4) is 0 Å². The molecule has 2 aliphatic rings. The Balaban J connectivity index is 2.09. The zero-order valence-corrected chi connectivity index (χ0v) is 12.6. The fraction of sp³-hybridized carbons (Fsp3) is 1.00. The molecule has 0 radical (unpaired) electrons. The average molecular weight is 340 g/mol. The Morgan fingerprint density at radius 2 is 1.61 bits per heavy atom. The van der Waals surface area contributed by atoms with Crippen LogP contribution < -0.4 is 0 Å². The summed E-state index contributed by atoms with van der Waals surface area (Å²) < 4.78 is 20.9. The number of hydrogen-bond acceptors (Lipinski definition) is 10. The first-order valence-electron chi connectivity index (χ1n) is 7.36. The lowest BCUT2D eigenvalue weighted by Crippen LogP contribution is -2.62. The summed E-state index contributed by atoms with van der Waals surface area (Å²) in [7, 11) is 1.27. The average Bonchev–Trinajstić information content (AvgIpc) is 2.55. The van der Waals surface area contributed by atoms with E-state index in [9.17, 15) is 25.5 Å². The fourth-order valence-corrected chi connectivity index (χ4v) is 2.72. The third kappa shape index (κ3) is 3.99. The molecule has 0 aromatic heterocycles. The Labute approximate surface area is 132 Å². The summed E-state index contributed by atoms with van der Waals surface area (Å²) in [6.07, 6.45) is -11.0. The molecule has 0 amide bonds. The summed E-state index contributed by atoms with van der Waals surface area (Å²) in [5, 5.41) is 58.3. The van der Waals surface area contributed by atoms with E-state index in [1.807, 2.05) is 0 Å². The minimum atomic E-state index is -1.48. The smallest absolute Gasteiger partial charge is 0.186 e. The second-order valence-corrected chi connectivity index (χ2v) is 5.65. The molecule has 2 heterocycles. The molecule has 0 bridgehead atoms. The lowest BCUT2D eigenvalue weighted by molar-refractivity contribution is -0.347. The number of aliphatic hydroxyl groups excluding tert-OH is 6. The second-order valence-electron chi connectivity index (χ2n) is 5.65. The van der Waals surface area contributed by atoms with Crippen molar-refractivity contribution in [1.29, 1.82) is 0 Å². The molecular formula is C13H24O10. The Kier molecular flexibility index (Phi) is 6.68. The molecule has 0 aromatic rings. The van der Waals surface area contributed by atoms with Crippen molar-refractivity contribution in [2.45, 2.75) is 61.7 Å². The van der Waals surface area contributed by atoms with Gasteiger partial charge in [0.2, 0.25) is 0 Å². The van der Waals surface area contributed by atoms with Crippen LogP contribution in [0, 0.1) is 0 Å². The van der Waals surface area contributed by atoms with Crippen LogP contribution in [-0.4, -0.2) is 106 Å². The van der Waals surface area contributed by atoms with Gasteiger partial charge in [-0.15, -0.1) is 0 Å². The van der Waals surface area contributed by atoms with Crippen LogP contribution in [0.3, 0.4) is 0 Å². The predicted octanol–water partition coefficient (Wildman–Crippen LogP) is -3.71. The SMILES string of the molecule is COC1OC(CO)C(OC2OC(CO)CC(O)C2O)C(O)C1O. The van der Waals surface area contributed by atoms with Crippen molar-refractivity contribution in [1.82, 2.24) is 0 Å². The van der Waals surface area contributed by atoms with Gasteiger partial charge in [0.1, 0.15) is 30.5 Å². The first-order valence-corrected chi connectivity index (χ1v) is 7.36. The molecule has 9 atom stereocenters. The van der Waals surface area contributed by atoms with Gasteiger partial charge in [0.15, 0.2) is 12.6 Å². The first kappa shape index (κ1) is 18.9. The van der Waals surface area contributed by atoms with E-state index < -0.39 is 61.9 Å². The maximum Gasteiger partial charge on any atom is 0.186 e. The summed E-state index contributed by atoms with van der Waals surface area (Å²) in [6.45, 7) is -0.922. The Hall–Kier alpha value is -0.400. The van der Waals surface area contributed by atoms with E-state index in [2.05, 4.69) is 0 Å². The van der Waals surface area contributed by atoms with Crippen molar-refractivity contribution in [3.63, 3.8) is 0 Å². The van der Waals surface area contributed by atoms with Crippen LogP contribution in [0.25, 0.3) is 0 Å². The molecule has 2 aliphatic heterocycles. The highest BCUT2D eigenvalue weighted by Gasteiger charge is 2.48. The van der Waals surface area contributed by atoms with Crippen molar-refractivity contribution < 1.29 is 49.6 Å². The molecule has 136 valence electrons. The van der Waals surface area contributed by atoms with Gasteiger partial charge in [-0.2, -0.15) is 0 Å². The number of aliphatic hydroxyl groups is 6. The first-order chi connectivity index (χ1) is 10.9. The molecule has 0 spiro atoms. The van der Waals surface area contributed by atoms with E-state index in [0.29, 0.717) is 0 Å². The van der Waals surface area contributed by atoms with Crippen molar-refractivity contribution in [2.75, 3.05) is 20.3 Å². The summed E-state index contributed by atoms with van der Waals surface area (Å²) >= 11 is 0. The molecule has 0 aromatic carbocycles. The number of hydrogen-bond donors (Lipinski definition) is 6. The summed E-state index contributed by atoms with van der Waals surface area (Å²) in [6, 6.07) is 0. The van der Waals surface area contributed by atoms with Gasteiger partial charge in [0, 0.05) is 13.5 Å². The largest absolute Gasteiger partial charge is 0.394 e. The van der Waals surface area contributed by atoms with E-state index in [1.54, 1.807) is 0 Å². The highest BCUT2D eigenvalue weighted by atomic mass is 16.7. The second kappa shape index (κ2) is 8.12. The van der Waals surface area contributed by atoms with E-state index >= 15 is 0 Å². The third-order valence-electron chi connectivity index (χ3n) is 4.05. The van der Waals surface area contributed by atoms with Crippen LogP contribution in [0.1, 0.15) is 6.42 Å². The summed E-state index contributed by atoms with van der Waals surface area (Å²) in [5.41, 5.74) is 0. The maximum absolute atomic E-state index is 10.2. The van der Waals surface area contributed by atoms with Crippen LogP contribution in [0.2, 0.25) is 0 Å². The molecule has 2 fully saturated rings. The lowest BCUT2D eigenvalue weighted by atomic mass is 9.98. The molecule has 10 heteroatoms. The van der Waals surface area contributed by atoms with Gasteiger partial charge >= 0.3 is 0 Å². The van der Waals surface area contributed by atoms with Crippen molar-refractivity contribution in [2.24, 2.45) is 0 Å². The fourth-order valence-electron chi connectivity index (χ4n) is 2.72. The van der Waals surface area contributed by atoms with Gasteiger partial charge in [0.25, 0.3) is 0 Å². The highest BCUT2D eigenvalue weighted by molar-refractivity contribution is 4.92. The molecular weight excluding hydrogens is 316 g/mol. The molecule has 6 N–H and O–H groups in total. The summed E-state index contributed by atoms with van der Waals surface area (Å²) in [4.78, 5) is 0. The van der Waals surface area contributed by atoms with Crippen LogP contribution in [0.5, 0.6) is 0 Å². The quantitative estimate of drug-likeness (QED) is 0.294. The zero-order chi connectivity index (χ0) is 17.1.